The molecular weight excluding hydrogens is 428 g/mol. The summed E-state index contributed by atoms with van der Waals surface area (Å²) in [7, 11) is 0. The lowest BCUT2D eigenvalue weighted by atomic mass is 9.92. The van der Waals surface area contributed by atoms with E-state index in [2.05, 4.69) is 27.9 Å². The van der Waals surface area contributed by atoms with E-state index in [0.29, 0.717) is 38.8 Å². The van der Waals surface area contributed by atoms with Gasteiger partial charge in [0.2, 0.25) is 17.7 Å². The lowest BCUT2D eigenvalue weighted by Gasteiger charge is -2.44. The van der Waals surface area contributed by atoms with Crippen molar-refractivity contribution in [2.24, 2.45) is 22.2 Å². The van der Waals surface area contributed by atoms with Crippen LogP contribution in [0, 0.1) is 0 Å². The molecule has 1 saturated carbocycles. The standard InChI is InChI=1S/C21H36N8O4/c1-2-3-5-12-18(32)27-13(10-26-12)16(30)21(7-8-21)29-11-14(17(22)31)28-19(33)15(29)6-4-9-25-20(23)24/h12-15,26H,2-11H2,1H3,(H2,22,31)(H,27,32)(H,28,33)(H4,23,24,25)/t12-,13+,14-,15+/m0/s1. The smallest absolute Gasteiger partial charge is 0.241 e. The maximum absolute atomic E-state index is 13.6. The second-order valence-corrected chi connectivity index (χ2v) is 9.14. The highest BCUT2D eigenvalue weighted by Gasteiger charge is 2.60. The van der Waals surface area contributed by atoms with Crippen LogP contribution < -0.4 is 33.2 Å². The van der Waals surface area contributed by atoms with E-state index in [-0.39, 0.29) is 36.1 Å². The van der Waals surface area contributed by atoms with E-state index in [1.165, 1.54) is 0 Å². The number of amides is 3. The van der Waals surface area contributed by atoms with Gasteiger partial charge in [0.1, 0.15) is 12.1 Å². The molecule has 12 nitrogen and oxygen atoms in total. The van der Waals surface area contributed by atoms with E-state index >= 15 is 0 Å². The van der Waals surface area contributed by atoms with Crippen molar-refractivity contribution >= 4 is 29.5 Å². The first-order valence-electron chi connectivity index (χ1n) is 11.7. The molecule has 9 N–H and O–H groups in total. The zero-order valence-electron chi connectivity index (χ0n) is 19.1. The number of hydrogen-bond donors (Lipinski definition) is 6. The quantitative estimate of drug-likeness (QED) is 0.109. The maximum atomic E-state index is 13.6. The minimum Gasteiger partial charge on any atom is -0.370 e. The van der Waals surface area contributed by atoms with E-state index in [1.54, 1.807) is 0 Å². The lowest BCUT2D eigenvalue weighted by molar-refractivity contribution is -0.144. The summed E-state index contributed by atoms with van der Waals surface area (Å²) in [6.07, 6.45) is 4.68. The lowest BCUT2D eigenvalue weighted by Crippen LogP contribution is -2.70. The van der Waals surface area contributed by atoms with Crippen LogP contribution in [-0.4, -0.2) is 83.7 Å². The average molecular weight is 465 g/mol. The van der Waals surface area contributed by atoms with Gasteiger partial charge in [0, 0.05) is 19.6 Å². The van der Waals surface area contributed by atoms with Crippen molar-refractivity contribution in [2.45, 2.75) is 81.6 Å². The Bertz CT molecular complexity index is 808. The number of nitrogens with zero attached hydrogens (tertiary/aromatic N) is 2. The summed E-state index contributed by atoms with van der Waals surface area (Å²) < 4.78 is 0. The Morgan fingerprint density at radius 2 is 1.76 bits per heavy atom. The SMILES string of the molecule is CCCC[C@@H]1NC[C@H](C(=O)C2(N3C[C@@H](C(N)=O)NC(=O)[C@H]3CCCN=C(N)N)CC2)NC1=O. The molecule has 3 aliphatic rings. The number of nitrogens with one attached hydrogen (secondary N) is 3. The van der Waals surface area contributed by atoms with Crippen LogP contribution >= 0.6 is 0 Å². The van der Waals surface area contributed by atoms with Crippen LogP contribution in [-0.2, 0) is 19.2 Å². The van der Waals surface area contributed by atoms with Gasteiger partial charge >= 0.3 is 0 Å². The molecule has 4 atom stereocenters. The summed E-state index contributed by atoms with van der Waals surface area (Å²) in [5, 5.41) is 8.73. The van der Waals surface area contributed by atoms with Crippen LogP contribution in [0.15, 0.2) is 4.99 Å². The van der Waals surface area contributed by atoms with Crippen molar-refractivity contribution in [3.8, 4) is 0 Å². The summed E-state index contributed by atoms with van der Waals surface area (Å²) in [4.78, 5) is 56.6. The summed E-state index contributed by atoms with van der Waals surface area (Å²) in [5.41, 5.74) is 15.3. The molecule has 12 heteroatoms. The van der Waals surface area contributed by atoms with Crippen molar-refractivity contribution in [3.63, 3.8) is 0 Å². The van der Waals surface area contributed by atoms with Gasteiger partial charge in [0.25, 0.3) is 0 Å². The molecule has 2 aliphatic heterocycles. The van der Waals surface area contributed by atoms with Gasteiger partial charge in [-0.1, -0.05) is 19.8 Å². The number of ketones is 1. The fraction of sp³-hybridized carbons (Fsp3) is 0.762. The molecule has 1 aliphatic carbocycles. The number of hydrogen-bond acceptors (Lipinski definition) is 7. The number of piperazine rings is 2. The summed E-state index contributed by atoms with van der Waals surface area (Å²) in [5.74, 6) is -1.34. The Morgan fingerprint density at radius 3 is 2.33 bits per heavy atom. The van der Waals surface area contributed by atoms with E-state index in [1.807, 2.05) is 4.90 Å². The molecule has 3 amide bonds. The first-order chi connectivity index (χ1) is 15.7. The fourth-order valence-electron chi connectivity index (χ4n) is 4.79. The molecule has 0 aromatic heterocycles. The van der Waals surface area contributed by atoms with Gasteiger partial charge in [-0.05, 0) is 32.1 Å². The Morgan fingerprint density at radius 1 is 1.06 bits per heavy atom. The molecule has 0 radical (unpaired) electrons. The van der Waals surface area contributed by atoms with Crippen molar-refractivity contribution in [3.05, 3.63) is 0 Å². The molecule has 184 valence electrons. The first kappa shape index (κ1) is 24.9. The second kappa shape index (κ2) is 10.5. The predicted molar refractivity (Wildman–Crippen MR) is 122 cm³/mol. The third kappa shape index (κ3) is 5.61. The largest absolute Gasteiger partial charge is 0.370 e. The second-order valence-electron chi connectivity index (χ2n) is 9.14. The fourth-order valence-corrected chi connectivity index (χ4v) is 4.79. The highest BCUT2D eigenvalue weighted by atomic mass is 16.2. The van der Waals surface area contributed by atoms with Crippen LogP contribution in [0.4, 0.5) is 0 Å². The average Bonchev–Trinajstić information content (AvgIpc) is 3.57. The normalized spacial score (nSPS) is 29.0. The molecule has 0 spiro atoms. The number of carbonyl (C=O) groups is 4. The maximum Gasteiger partial charge on any atom is 0.241 e. The van der Waals surface area contributed by atoms with Crippen molar-refractivity contribution in [1.29, 1.82) is 0 Å². The van der Waals surface area contributed by atoms with Crippen LogP contribution in [0.5, 0.6) is 0 Å². The van der Waals surface area contributed by atoms with Crippen LogP contribution in [0.25, 0.3) is 0 Å². The number of Topliss-reactive ketones (excluding diaryl/α,β-unsaturated/α-hetero) is 1. The third-order valence-electron chi connectivity index (χ3n) is 6.74. The molecule has 3 rings (SSSR count). The highest BCUT2D eigenvalue weighted by Crippen LogP contribution is 2.46. The Hall–Kier alpha value is -2.73. The van der Waals surface area contributed by atoms with Crippen molar-refractivity contribution in [1.82, 2.24) is 20.9 Å². The number of unbranched alkanes of at least 4 members (excludes halogenated alkanes) is 1. The molecule has 0 aromatic rings. The molecule has 2 heterocycles. The number of nitrogens with two attached hydrogens (primary N) is 3. The molecule has 0 unspecified atom stereocenters. The topological polar surface area (TPSA) is 198 Å². The van der Waals surface area contributed by atoms with Gasteiger partial charge < -0.3 is 33.2 Å². The molecule has 33 heavy (non-hydrogen) atoms. The highest BCUT2D eigenvalue weighted by molar-refractivity contribution is 6.00. The van der Waals surface area contributed by atoms with Crippen molar-refractivity contribution in [2.75, 3.05) is 19.6 Å². The number of aliphatic imine (C=N–C) groups is 1. The van der Waals surface area contributed by atoms with E-state index in [4.69, 9.17) is 17.2 Å². The predicted octanol–water partition coefficient (Wildman–Crippen LogP) is -2.56. The first-order valence-corrected chi connectivity index (χ1v) is 11.7. The Kier molecular flexibility index (Phi) is 7.90. The van der Waals surface area contributed by atoms with Crippen LogP contribution in [0.3, 0.4) is 0 Å². The van der Waals surface area contributed by atoms with Crippen molar-refractivity contribution < 1.29 is 19.2 Å². The summed E-state index contributed by atoms with van der Waals surface area (Å²) in [6, 6.07) is -2.48. The zero-order chi connectivity index (χ0) is 24.2. The zero-order valence-corrected chi connectivity index (χ0v) is 19.1. The van der Waals surface area contributed by atoms with Crippen LogP contribution in [0.1, 0.15) is 51.9 Å². The molecular formula is C21H36N8O4. The monoisotopic (exact) mass is 464 g/mol. The summed E-state index contributed by atoms with van der Waals surface area (Å²) >= 11 is 0. The molecule has 0 aromatic carbocycles. The minimum absolute atomic E-state index is 0.0274. The molecule has 0 bridgehead atoms. The summed E-state index contributed by atoms with van der Waals surface area (Å²) in [6.45, 7) is 2.90. The Labute approximate surface area is 193 Å². The van der Waals surface area contributed by atoms with Gasteiger partial charge in [-0.15, -0.1) is 0 Å². The van der Waals surface area contributed by atoms with Gasteiger partial charge in [0.05, 0.1) is 17.6 Å². The van der Waals surface area contributed by atoms with Crippen LogP contribution in [0.2, 0.25) is 0 Å². The van der Waals surface area contributed by atoms with E-state index in [9.17, 15) is 19.2 Å². The number of guanidine groups is 1. The van der Waals surface area contributed by atoms with E-state index < -0.39 is 29.6 Å². The Balaban J connectivity index is 1.74. The number of rotatable bonds is 11. The van der Waals surface area contributed by atoms with Gasteiger partial charge in [0.15, 0.2) is 11.7 Å². The van der Waals surface area contributed by atoms with Gasteiger partial charge in [-0.25, -0.2) is 0 Å². The molecule has 2 saturated heterocycles. The number of primary amides is 1. The molecule has 3 fully saturated rings. The van der Waals surface area contributed by atoms with Gasteiger partial charge in [-0.3, -0.25) is 29.1 Å². The number of carbonyl (C=O) groups excluding carboxylic acids is 4. The third-order valence-corrected chi connectivity index (χ3v) is 6.74. The van der Waals surface area contributed by atoms with Gasteiger partial charge in [-0.2, -0.15) is 0 Å². The minimum atomic E-state index is -0.901. The van der Waals surface area contributed by atoms with E-state index in [0.717, 1.165) is 19.3 Å².